The number of benzene rings is 1. The molecule has 8 heteroatoms. The fourth-order valence-corrected chi connectivity index (χ4v) is 3.69. The molecule has 112 valence electrons. The number of nitrogens with zero attached hydrogens (tertiary/aromatic N) is 2. The molecule has 0 bridgehead atoms. The first-order valence-corrected chi connectivity index (χ1v) is 8.16. The van der Waals surface area contributed by atoms with Gasteiger partial charge in [0.05, 0.1) is 5.52 Å². The van der Waals surface area contributed by atoms with Crippen LogP contribution in [0.1, 0.15) is 19.3 Å². The molecule has 0 spiro atoms. The average molecular weight is 308 g/mol. The van der Waals surface area contributed by atoms with E-state index in [1.807, 2.05) is 0 Å². The molecule has 0 amide bonds. The maximum atomic E-state index is 11.7. The normalized spacial score (nSPS) is 17.4. The maximum absolute atomic E-state index is 11.7. The van der Waals surface area contributed by atoms with E-state index < -0.39 is 14.8 Å². The van der Waals surface area contributed by atoms with Gasteiger partial charge in [0.1, 0.15) is 22.6 Å². The van der Waals surface area contributed by atoms with E-state index in [1.165, 1.54) is 12.4 Å². The van der Waals surface area contributed by atoms with Crippen molar-refractivity contribution in [1.29, 1.82) is 0 Å². The summed E-state index contributed by atoms with van der Waals surface area (Å²) in [6.45, 7) is 0.202. The predicted molar refractivity (Wildman–Crippen MR) is 79.4 cm³/mol. The summed E-state index contributed by atoms with van der Waals surface area (Å²) in [5.41, 5.74) is 0.670. The third kappa shape index (κ3) is 2.40. The van der Waals surface area contributed by atoms with Crippen molar-refractivity contribution in [3.8, 4) is 5.75 Å². The Labute approximate surface area is 122 Å². The molecule has 0 atom stereocenters. The maximum Gasteiger partial charge on any atom is 0.216 e. The summed E-state index contributed by atoms with van der Waals surface area (Å²) in [4.78, 5) is 8.23. The Morgan fingerprint density at radius 2 is 2.10 bits per heavy atom. The summed E-state index contributed by atoms with van der Waals surface area (Å²) in [6, 6.07) is 4.76. The van der Waals surface area contributed by atoms with Gasteiger partial charge >= 0.3 is 0 Å². The van der Waals surface area contributed by atoms with Crippen LogP contribution in [0.15, 0.2) is 24.5 Å². The minimum Gasteiger partial charge on any atom is -0.508 e. The van der Waals surface area contributed by atoms with Crippen LogP contribution in [0.2, 0.25) is 0 Å². The summed E-state index contributed by atoms with van der Waals surface area (Å²) in [5, 5.41) is 18.6. The molecule has 1 saturated carbocycles. The topological polar surface area (TPSA) is 118 Å². The van der Waals surface area contributed by atoms with Gasteiger partial charge in [-0.05, 0) is 31.0 Å². The van der Waals surface area contributed by atoms with Crippen LogP contribution in [-0.4, -0.2) is 34.8 Å². The second-order valence-corrected chi connectivity index (χ2v) is 7.31. The number of primary sulfonamides is 1. The minimum atomic E-state index is -3.61. The number of phenolic OH excluding ortho intramolecular Hbond substituents is 1. The highest BCUT2D eigenvalue weighted by Gasteiger charge is 2.47. The lowest BCUT2D eigenvalue weighted by molar-refractivity contribution is 0.351. The van der Waals surface area contributed by atoms with Gasteiger partial charge in [-0.25, -0.2) is 23.5 Å². The number of phenols is 1. The minimum absolute atomic E-state index is 0.102. The molecule has 7 nitrogen and oxygen atoms in total. The number of anilines is 1. The van der Waals surface area contributed by atoms with E-state index in [-0.39, 0.29) is 12.3 Å². The number of nitrogens with one attached hydrogen (secondary N) is 1. The van der Waals surface area contributed by atoms with Crippen molar-refractivity contribution in [2.45, 2.75) is 24.0 Å². The van der Waals surface area contributed by atoms with Crippen LogP contribution >= 0.6 is 0 Å². The van der Waals surface area contributed by atoms with Gasteiger partial charge in [-0.1, -0.05) is 6.42 Å². The molecule has 1 aliphatic rings. The number of hydrogen-bond donors (Lipinski definition) is 3. The first-order valence-electron chi connectivity index (χ1n) is 6.61. The van der Waals surface area contributed by atoms with E-state index in [4.69, 9.17) is 5.14 Å². The van der Waals surface area contributed by atoms with Gasteiger partial charge in [0.2, 0.25) is 10.0 Å². The molecule has 0 unspecified atom stereocenters. The van der Waals surface area contributed by atoms with Crippen LogP contribution in [0.25, 0.3) is 10.9 Å². The van der Waals surface area contributed by atoms with Gasteiger partial charge in [-0.2, -0.15) is 0 Å². The Morgan fingerprint density at radius 3 is 2.71 bits per heavy atom. The Bertz CT molecular complexity index is 787. The smallest absolute Gasteiger partial charge is 0.216 e. The van der Waals surface area contributed by atoms with Gasteiger partial charge in [-0.15, -0.1) is 0 Å². The molecule has 0 aliphatic heterocycles. The monoisotopic (exact) mass is 308 g/mol. The Balaban J connectivity index is 1.91. The summed E-state index contributed by atoms with van der Waals surface area (Å²) in [7, 11) is -3.61. The number of aromatic hydroxyl groups is 1. The van der Waals surface area contributed by atoms with Gasteiger partial charge in [0, 0.05) is 11.9 Å². The summed E-state index contributed by atoms with van der Waals surface area (Å²) in [6.07, 6.45) is 3.34. The number of nitrogens with two attached hydrogens (primary N) is 1. The first kappa shape index (κ1) is 14.0. The molecule has 2 aromatic rings. The molecule has 0 saturated heterocycles. The molecular weight excluding hydrogens is 292 g/mol. The van der Waals surface area contributed by atoms with E-state index in [2.05, 4.69) is 15.3 Å². The van der Waals surface area contributed by atoms with Crippen LogP contribution in [0.4, 0.5) is 5.82 Å². The van der Waals surface area contributed by atoms with Crippen LogP contribution in [0, 0.1) is 0 Å². The third-order valence-corrected chi connectivity index (χ3v) is 5.82. The molecule has 1 fully saturated rings. The summed E-state index contributed by atoms with van der Waals surface area (Å²) < 4.78 is 22.6. The summed E-state index contributed by atoms with van der Waals surface area (Å²) in [5.74, 6) is 0.593. The molecule has 1 heterocycles. The first-order chi connectivity index (χ1) is 9.91. The Kier molecular flexibility index (Phi) is 3.22. The zero-order valence-corrected chi connectivity index (χ0v) is 12.1. The lowest BCUT2D eigenvalue weighted by atomic mass is 9.84. The van der Waals surface area contributed by atoms with E-state index in [1.54, 1.807) is 12.1 Å². The molecule has 0 radical (unpaired) electrons. The predicted octanol–water partition coefficient (Wildman–Crippen LogP) is 0.959. The van der Waals surface area contributed by atoms with Gasteiger partial charge in [-0.3, -0.25) is 0 Å². The van der Waals surface area contributed by atoms with Crippen molar-refractivity contribution in [3.05, 3.63) is 24.5 Å². The number of fused-ring (bicyclic) bond motifs is 1. The molecule has 1 aromatic carbocycles. The Morgan fingerprint density at radius 1 is 1.33 bits per heavy atom. The van der Waals surface area contributed by atoms with Crippen LogP contribution in [0.5, 0.6) is 5.75 Å². The van der Waals surface area contributed by atoms with Gasteiger partial charge in [0.15, 0.2) is 0 Å². The third-order valence-electron chi connectivity index (χ3n) is 4.07. The number of sulfonamides is 1. The van der Waals surface area contributed by atoms with Crippen LogP contribution in [0.3, 0.4) is 0 Å². The van der Waals surface area contributed by atoms with Crippen molar-refractivity contribution in [2.75, 3.05) is 11.9 Å². The number of rotatable bonds is 4. The average Bonchev–Trinajstić information content (AvgIpc) is 2.36. The van der Waals surface area contributed by atoms with E-state index in [9.17, 15) is 13.5 Å². The van der Waals surface area contributed by atoms with Crippen molar-refractivity contribution in [3.63, 3.8) is 0 Å². The highest BCUT2D eigenvalue weighted by molar-refractivity contribution is 7.90. The highest BCUT2D eigenvalue weighted by atomic mass is 32.2. The van der Waals surface area contributed by atoms with Crippen LogP contribution in [-0.2, 0) is 10.0 Å². The standard InChI is InChI=1S/C13H16N4O3S/c14-21(19,20)13(4-1-5-13)7-15-12-10-6-9(18)2-3-11(10)16-8-17-12/h2-3,6,8,18H,1,4-5,7H2,(H2,14,19,20)(H,15,16,17). The van der Waals surface area contributed by atoms with Crippen molar-refractivity contribution >= 4 is 26.7 Å². The highest BCUT2D eigenvalue weighted by Crippen LogP contribution is 2.38. The molecule has 3 rings (SSSR count). The lowest BCUT2D eigenvalue weighted by Crippen LogP contribution is -2.53. The van der Waals surface area contributed by atoms with Crippen LogP contribution < -0.4 is 10.5 Å². The van der Waals surface area contributed by atoms with E-state index in [0.29, 0.717) is 29.6 Å². The van der Waals surface area contributed by atoms with Gasteiger partial charge < -0.3 is 10.4 Å². The molecule has 1 aromatic heterocycles. The zero-order chi connectivity index (χ0) is 15.1. The molecular formula is C13H16N4O3S. The molecule has 4 N–H and O–H groups in total. The number of hydrogen-bond acceptors (Lipinski definition) is 6. The fourth-order valence-electron chi connectivity index (χ4n) is 2.56. The quantitative estimate of drug-likeness (QED) is 0.774. The van der Waals surface area contributed by atoms with E-state index in [0.717, 1.165) is 6.42 Å². The molecule has 21 heavy (non-hydrogen) atoms. The van der Waals surface area contributed by atoms with Crippen molar-refractivity contribution in [1.82, 2.24) is 9.97 Å². The van der Waals surface area contributed by atoms with Crippen molar-refractivity contribution < 1.29 is 13.5 Å². The van der Waals surface area contributed by atoms with Crippen molar-refractivity contribution in [2.24, 2.45) is 5.14 Å². The second-order valence-electron chi connectivity index (χ2n) is 5.36. The zero-order valence-electron chi connectivity index (χ0n) is 11.3. The number of aromatic nitrogens is 2. The lowest BCUT2D eigenvalue weighted by Gasteiger charge is -2.39. The van der Waals surface area contributed by atoms with Gasteiger partial charge in [0.25, 0.3) is 0 Å². The summed E-state index contributed by atoms with van der Waals surface area (Å²) >= 11 is 0. The SMILES string of the molecule is NS(=O)(=O)C1(CNc2ncnc3ccc(O)cc23)CCC1. The van der Waals surface area contributed by atoms with E-state index >= 15 is 0 Å². The fraction of sp³-hybridized carbons (Fsp3) is 0.385. The Hall–Kier alpha value is -1.93. The largest absolute Gasteiger partial charge is 0.508 e. The second kappa shape index (κ2) is 4.81. The molecule has 1 aliphatic carbocycles.